The maximum atomic E-state index is 13.3. The first-order valence-electron chi connectivity index (χ1n) is 8.98. The minimum absolute atomic E-state index is 0.293. The Hall–Kier alpha value is -3.42. The molecule has 4 rings (SSSR count). The van der Waals surface area contributed by atoms with E-state index in [0.717, 1.165) is 5.56 Å². The van der Waals surface area contributed by atoms with Crippen LogP contribution >= 0.6 is 0 Å². The molecule has 1 amide bonds. The fourth-order valence-corrected chi connectivity index (χ4v) is 3.44. The number of ether oxygens (including phenoxy) is 1. The van der Waals surface area contributed by atoms with E-state index in [-0.39, 0.29) is 11.7 Å². The molecule has 0 N–H and O–H groups in total. The van der Waals surface area contributed by atoms with Crippen molar-refractivity contribution in [1.82, 2.24) is 9.97 Å². The van der Waals surface area contributed by atoms with Crippen molar-refractivity contribution in [1.29, 1.82) is 0 Å². The summed E-state index contributed by atoms with van der Waals surface area (Å²) in [5.74, 6) is -0.589. The van der Waals surface area contributed by atoms with Gasteiger partial charge in [0.15, 0.2) is 0 Å². The Labute approximate surface area is 164 Å². The summed E-state index contributed by atoms with van der Waals surface area (Å²) in [5.41, 5.74) is 2.82. The summed E-state index contributed by atoms with van der Waals surface area (Å²) in [5, 5.41) is 0. The van der Waals surface area contributed by atoms with Crippen LogP contribution in [0.5, 0.6) is 5.75 Å². The molecule has 1 aliphatic heterocycles. The van der Waals surface area contributed by atoms with E-state index in [0.29, 0.717) is 41.9 Å². The van der Waals surface area contributed by atoms with Crippen LogP contribution in [0.15, 0.2) is 61.1 Å². The molecule has 0 saturated heterocycles. The SMILES string of the molecule is O=C(c1cncnc1-c1ccccc1)N1CCCc2cc(OC(F)(F)F)ccc21. The van der Waals surface area contributed by atoms with Crippen molar-refractivity contribution < 1.29 is 22.7 Å². The number of amides is 1. The summed E-state index contributed by atoms with van der Waals surface area (Å²) in [4.78, 5) is 23.1. The van der Waals surface area contributed by atoms with E-state index in [2.05, 4.69) is 14.7 Å². The highest BCUT2D eigenvalue weighted by Crippen LogP contribution is 2.34. The van der Waals surface area contributed by atoms with Gasteiger partial charge in [0.25, 0.3) is 5.91 Å². The molecule has 8 heteroatoms. The minimum atomic E-state index is -4.76. The first-order chi connectivity index (χ1) is 13.9. The second kappa shape index (κ2) is 7.54. The van der Waals surface area contributed by atoms with E-state index in [9.17, 15) is 18.0 Å². The average molecular weight is 399 g/mol. The van der Waals surface area contributed by atoms with Gasteiger partial charge in [0.1, 0.15) is 12.1 Å². The maximum Gasteiger partial charge on any atom is 0.573 e. The lowest BCUT2D eigenvalue weighted by Gasteiger charge is -2.30. The van der Waals surface area contributed by atoms with Gasteiger partial charge in [-0.3, -0.25) is 4.79 Å². The molecule has 2 aromatic carbocycles. The number of hydrogen-bond acceptors (Lipinski definition) is 4. The van der Waals surface area contributed by atoms with Gasteiger partial charge in [-0.2, -0.15) is 0 Å². The third-order valence-electron chi connectivity index (χ3n) is 4.64. The van der Waals surface area contributed by atoms with Crippen molar-refractivity contribution in [3.05, 3.63) is 72.2 Å². The number of anilines is 1. The van der Waals surface area contributed by atoms with Gasteiger partial charge in [-0.05, 0) is 36.6 Å². The summed E-state index contributed by atoms with van der Waals surface area (Å²) < 4.78 is 41.5. The Morgan fingerprint density at radius 3 is 2.66 bits per heavy atom. The van der Waals surface area contributed by atoms with Gasteiger partial charge in [-0.1, -0.05) is 30.3 Å². The molecule has 1 aliphatic rings. The van der Waals surface area contributed by atoms with Crippen molar-refractivity contribution in [2.75, 3.05) is 11.4 Å². The van der Waals surface area contributed by atoms with Gasteiger partial charge >= 0.3 is 6.36 Å². The molecule has 2 heterocycles. The number of halogens is 3. The van der Waals surface area contributed by atoms with E-state index >= 15 is 0 Å². The lowest BCUT2D eigenvalue weighted by atomic mass is 9.99. The molecule has 5 nitrogen and oxygen atoms in total. The standard InChI is InChI=1S/C21H16F3N3O2/c22-21(23,24)29-16-8-9-18-15(11-16)7-4-10-27(18)20(28)17-12-25-13-26-19(17)14-5-2-1-3-6-14/h1-3,5-6,8-9,11-13H,4,7,10H2. The molecule has 3 aromatic rings. The number of carbonyl (C=O) groups excluding carboxylic acids is 1. The maximum absolute atomic E-state index is 13.3. The van der Waals surface area contributed by atoms with Gasteiger partial charge < -0.3 is 9.64 Å². The molecule has 0 radical (unpaired) electrons. The van der Waals surface area contributed by atoms with Crippen LogP contribution < -0.4 is 9.64 Å². The number of rotatable bonds is 3. The predicted octanol–water partition coefficient (Wildman–Crippen LogP) is 4.64. The highest BCUT2D eigenvalue weighted by molar-refractivity contribution is 6.10. The third kappa shape index (κ3) is 4.06. The zero-order valence-electron chi connectivity index (χ0n) is 15.2. The Bertz CT molecular complexity index is 1040. The van der Waals surface area contributed by atoms with E-state index in [4.69, 9.17) is 0 Å². The minimum Gasteiger partial charge on any atom is -0.406 e. The molecule has 0 saturated carbocycles. The van der Waals surface area contributed by atoms with Gasteiger partial charge in [0, 0.05) is 24.0 Å². The van der Waals surface area contributed by atoms with Gasteiger partial charge in [0.05, 0.1) is 11.3 Å². The Balaban J connectivity index is 1.69. The second-order valence-electron chi connectivity index (χ2n) is 6.55. The molecule has 148 valence electrons. The first kappa shape index (κ1) is 18.9. The normalized spacial score (nSPS) is 13.7. The molecule has 0 fully saturated rings. The summed E-state index contributed by atoms with van der Waals surface area (Å²) in [6, 6.07) is 13.3. The van der Waals surface area contributed by atoms with Gasteiger partial charge in [0.2, 0.25) is 0 Å². The van der Waals surface area contributed by atoms with Crippen molar-refractivity contribution in [2.45, 2.75) is 19.2 Å². The van der Waals surface area contributed by atoms with Crippen LogP contribution in [0.1, 0.15) is 22.3 Å². The third-order valence-corrected chi connectivity index (χ3v) is 4.64. The Kier molecular flexibility index (Phi) is 4.92. The van der Waals surface area contributed by atoms with Crippen LogP contribution in [-0.2, 0) is 6.42 Å². The Morgan fingerprint density at radius 2 is 1.90 bits per heavy atom. The number of carbonyl (C=O) groups is 1. The highest BCUT2D eigenvalue weighted by atomic mass is 19.4. The van der Waals surface area contributed by atoms with Crippen LogP contribution in [0.4, 0.5) is 18.9 Å². The van der Waals surface area contributed by atoms with Crippen molar-refractivity contribution in [2.24, 2.45) is 0 Å². The Morgan fingerprint density at radius 1 is 1.10 bits per heavy atom. The summed E-state index contributed by atoms with van der Waals surface area (Å²) in [6.45, 7) is 0.453. The smallest absolute Gasteiger partial charge is 0.406 e. The fourth-order valence-electron chi connectivity index (χ4n) is 3.44. The second-order valence-corrected chi connectivity index (χ2v) is 6.55. The number of nitrogens with zero attached hydrogens (tertiary/aromatic N) is 3. The molecule has 29 heavy (non-hydrogen) atoms. The van der Waals surface area contributed by atoms with Gasteiger partial charge in [-0.15, -0.1) is 13.2 Å². The summed E-state index contributed by atoms with van der Waals surface area (Å²) in [7, 11) is 0. The van der Waals surface area contributed by atoms with Gasteiger partial charge in [-0.25, -0.2) is 9.97 Å². The first-order valence-corrected chi connectivity index (χ1v) is 8.98. The van der Waals surface area contributed by atoms with Crippen molar-refractivity contribution >= 4 is 11.6 Å². The molecule has 0 aliphatic carbocycles. The molecule has 0 bridgehead atoms. The molecule has 0 atom stereocenters. The number of hydrogen-bond donors (Lipinski definition) is 0. The van der Waals surface area contributed by atoms with Crippen LogP contribution in [0.3, 0.4) is 0 Å². The van der Waals surface area contributed by atoms with Crippen molar-refractivity contribution in [3.63, 3.8) is 0 Å². The lowest BCUT2D eigenvalue weighted by molar-refractivity contribution is -0.274. The topological polar surface area (TPSA) is 55.3 Å². The number of aromatic nitrogens is 2. The van der Waals surface area contributed by atoms with Crippen LogP contribution in [-0.4, -0.2) is 28.8 Å². The molecular formula is C21H16F3N3O2. The summed E-state index contributed by atoms with van der Waals surface area (Å²) in [6.07, 6.45) is -0.727. The van der Waals surface area contributed by atoms with Crippen LogP contribution in [0.25, 0.3) is 11.3 Å². The highest BCUT2D eigenvalue weighted by Gasteiger charge is 2.32. The molecular weight excluding hydrogens is 383 g/mol. The fraction of sp³-hybridized carbons (Fsp3) is 0.190. The largest absolute Gasteiger partial charge is 0.573 e. The zero-order chi connectivity index (χ0) is 20.4. The van der Waals surface area contributed by atoms with Crippen LogP contribution in [0, 0.1) is 0 Å². The van der Waals surface area contributed by atoms with E-state index < -0.39 is 6.36 Å². The van der Waals surface area contributed by atoms with Crippen LogP contribution in [0.2, 0.25) is 0 Å². The lowest BCUT2D eigenvalue weighted by Crippen LogP contribution is -2.36. The number of aryl methyl sites for hydroxylation is 1. The number of benzene rings is 2. The number of fused-ring (bicyclic) bond motifs is 1. The van der Waals surface area contributed by atoms with Crippen molar-refractivity contribution in [3.8, 4) is 17.0 Å². The van der Waals surface area contributed by atoms with E-state index in [1.54, 1.807) is 4.90 Å². The molecule has 1 aromatic heterocycles. The molecule has 0 spiro atoms. The zero-order valence-corrected chi connectivity index (χ0v) is 15.2. The average Bonchev–Trinajstić information content (AvgIpc) is 2.72. The van der Waals surface area contributed by atoms with E-state index in [1.807, 2.05) is 30.3 Å². The summed E-state index contributed by atoms with van der Waals surface area (Å²) >= 11 is 0. The number of alkyl halides is 3. The predicted molar refractivity (Wildman–Crippen MR) is 101 cm³/mol. The van der Waals surface area contributed by atoms with E-state index in [1.165, 1.54) is 30.7 Å². The quantitative estimate of drug-likeness (QED) is 0.644. The monoisotopic (exact) mass is 399 g/mol. The molecule has 0 unspecified atom stereocenters.